The summed E-state index contributed by atoms with van der Waals surface area (Å²) < 4.78 is 0. The molecule has 5 nitrogen and oxygen atoms in total. The molecule has 1 unspecified atom stereocenters. The van der Waals surface area contributed by atoms with Gasteiger partial charge in [-0.25, -0.2) is 4.98 Å². The molecule has 0 aromatic carbocycles. The zero-order valence-electron chi connectivity index (χ0n) is 11.3. The summed E-state index contributed by atoms with van der Waals surface area (Å²) in [5.41, 5.74) is 7.13. The Morgan fingerprint density at radius 3 is 3.00 bits per heavy atom. The molecule has 1 saturated heterocycles. The number of nitrogen functional groups attached to an aromatic ring is 1. The highest BCUT2D eigenvalue weighted by molar-refractivity contribution is 5.95. The molecular weight excluding hydrogens is 242 g/mol. The number of aryl methyl sites for hydroxylation is 1. The summed E-state index contributed by atoms with van der Waals surface area (Å²) in [6, 6.07) is 3.34. The molecule has 1 atom stereocenters. The van der Waals surface area contributed by atoms with Crippen LogP contribution in [-0.2, 0) is 6.42 Å². The fourth-order valence-corrected chi connectivity index (χ4v) is 2.54. The van der Waals surface area contributed by atoms with Crippen LogP contribution in [0.15, 0.2) is 12.1 Å². The quantitative estimate of drug-likeness (QED) is 0.859. The minimum Gasteiger partial charge on any atom is -0.394 e. The van der Waals surface area contributed by atoms with Gasteiger partial charge in [0, 0.05) is 17.8 Å². The van der Waals surface area contributed by atoms with Crippen LogP contribution < -0.4 is 5.73 Å². The number of nitrogens with two attached hydrogens (primary N) is 1. The van der Waals surface area contributed by atoms with Gasteiger partial charge >= 0.3 is 0 Å². The van der Waals surface area contributed by atoms with Crippen LogP contribution in [0, 0.1) is 0 Å². The number of amides is 1. The molecule has 1 aliphatic rings. The van der Waals surface area contributed by atoms with Gasteiger partial charge in [0.25, 0.3) is 5.91 Å². The summed E-state index contributed by atoms with van der Waals surface area (Å²) in [5.74, 6) is 0.322. The Bertz CT molecular complexity index is 462. The van der Waals surface area contributed by atoms with E-state index in [4.69, 9.17) is 5.73 Å². The van der Waals surface area contributed by atoms with Crippen molar-refractivity contribution >= 4 is 11.7 Å². The number of aliphatic hydroxyl groups excluding tert-OH is 1. The summed E-state index contributed by atoms with van der Waals surface area (Å²) in [6.45, 7) is 2.70. The van der Waals surface area contributed by atoms with Gasteiger partial charge in [-0.05, 0) is 37.8 Å². The molecule has 0 bridgehead atoms. The molecule has 104 valence electrons. The zero-order chi connectivity index (χ0) is 13.8. The van der Waals surface area contributed by atoms with E-state index < -0.39 is 0 Å². The van der Waals surface area contributed by atoms with Crippen LogP contribution in [0.5, 0.6) is 0 Å². The van der Waals surface area contributed by atoms with E-state index in [1.165, 1.54) is 0 Å². The average molecular weight is 263 g/mol. The lowest BCUT2D eigenvalue weighted by Crippen LogP contribution is -2.45. The van der Waals surface area contributed by atoms with Crippen molar-refractivity contribution in [3.63, 3.8) is 0 Å². The van der Waals surface area contributed by atoms with E-state index in [9.17, 15) is 9.90 Å². The number of aliphatic hydroxyl groups is 1. The van der Waals surface area contributed by atoms with Crippen molar-refractivity contribution in [1.29, 1.82) is 0 Å². The predicted molar refractivity (Wildman–Crippen MR) is 73.8 cm³/mol. The largest absolute Gasteiger partial charge is 0.394 e. The van der Waals surface area contributed by atoms with Crippen molar-refractivity contribution < 1.29 is 9.90 Å². The van der Waals surface area contributed by atoms with Crippen LogP contribution in [0.1, 0.15) is 42.2 Å². The first-order valence-electron chi connectivity index (χ1n) is 6.84. The maximum Gasteiger partial charge on any atom is 0.254 e. The van der Waals surface area contributed by atoms with Gasteiger partial charge in [-0.1, -0.05) is 6.92 Å². The summed E-state index contributed by atoms with van der Waals surface area (Å²) in [7, 11) is 0. The van der Waals surface area contributed by atoms with E-state index in [0.29, 0.717) is 17.9 Å². The Morgan fingerprint density at radius 1 is 1.53 bits per heavy atom. The number of pyridine rings is 1. The Hall–Kier alpha value is -1.62. The maximum absolute atomic E-state index is 12.5. The molecule has 1 aliphatic heterocycles. The highest BCUT2D eigenvalue weighted by atomic mass is 16.3. The highest BCUT2D eigenvalue weighted by Crippen LogP contribution is 2.20. The third-order valence-corrected chi connectivity index (χ3v) is 3.61. The molecule has 3 N–H and O–H groups in total. The number of rotatable bonds is 3. The van der Waals surface area contributed by atoms with Gasteiger partial charge < -0.3 is 15.7 Å². The Balaban J connectivity index is 2.24. The van der Waals surface area contributed by atoms with Gasteiger partial charge in [0.15, 0.2) is 0 Å². The summed E-state index contributed by atoms with van der Waals surface area (Å²) in [4.78, 5) is 18.5. The second-order valence-corrected chi connectivity index (χ2v) is 4.96. The smallest absolute Gasteiger partial charge is 0.254 e. The highest BCUT2D eigenvalue weighted by Gasteiger charge is 2.27. The number of piperidine rings is 1. The normalized spacial score (nSPS) is 19.5. The number of nitrogens with zero attached hydrogens (tertiary/aromatic N) is 2. The Labute approximate surface area is 113 Å². The minimum atomic E-state index is -0.0688. The van der Waals surface area contributed by atoms with Gasteiger partial charge in [0.2, 0.25) is 0 Å². The molecule has 0 spiro atoms. The topological polar surface area (TPSA) is 79.5 Å². The summed E-state index contributed by atoms with van der Waals surface area (Å²) in [6.07, 6.45) is 3.66. The van der Waals surface area contributed by atoms with E-state index in [-0.39, 0.29) is 18.6 Å². The number of hydrogen-bond donors (Lipinski definition) is 2. The standard InChI is InChI=1S/C14H21N3O2/c1-2-11-7-10(8-13(15)16-11)14(19)17-6-4-3-5-12(17)9-18/h7-8,12,18H,2-6,9H2,1H3,(H2,15,16). The maximum atomic E-state index is 12.5. The van der Waals surface area contributed by atoms with Gasteiger partial charge in [-0.2, -0.15) is 0 Å². The summed E-state index contributed by atoms with van der Waals surface area (Å²) >= 11 is 0. The van der Waals surface area contributed by atoms with Crippen LogP contribution in [-0.4, -0.2) is 40.1 Å². The van der Waals surface area contributed by atoms with E-state index in [0.717, 1.165) is 31.4 Å². The van der Waals surface area contributed by atoms with E-state index in [1.807, 2.05) is 6.92 Å². The lowest BCUT2D eigenvalue weighted by Gasteiger charge is -2.34. The van der Waals surface area contributed by atoms with E-state index in [1.54, 1.807) is 17.0 Å². The van der Waals surface area contributed by atoms with Crippen molar-refractivity contribution in [3.05, 3.63) is 23.4 Å². The fourth-order valence-electron chi connectivity index (χ4n) is 2.54. The Morgan fingerprint density at radius 2 is 2.32 bits per heavy atom. The van der Waals surface area contributed by atoms with Crippen molar-refractivity contribution in [2.75, 3.05) is 18.9 Å². The second-order valence-electron chi connectivity index (χ2n) is 4.96. The number of carbonyl (C=O) groups excluding carboxylic acids is 1. The average Bonchev–Trinajstić information content (AvgIpc) is 2.45. The minimum absolute atomic E-state index is 0.0208. The molecule has 0 radical (unpaired) electrons. The van der Waals surface area contributed by atoms with Crippen molar-refractivity contribution in [2.24, 2.45) is 0 Å². The first-order chi connectivity index (χ1) is 9.15. The van der Waals surface area contributed by atoms with Crippen molar-refractivity contribution in [3.8, 4) is 0 Å². The lowest BCUT2D eigenvalue weighted by molar-refractivity contribution is 0.0503. The second kappa shape index (κ2) is 6.02. The molecule has 19 heavy (non-hydrogen) atoms. The van der Waals surface area contributed by atoms with Crippen LogP contribution in [0.2, 0.25) is 0 Å². The monoisotopic (exact) mass is 263 g/mol. The molecule has 1 aromatic heterocycles. The first kappa shape index (κ1) is 13.8. The van der Waals surface area contributed by atoms with Gasteiger partial charge in [-0.3, -0.25) is 4.79 Å². The van der Waals surface area contributed by atoms with Crippen LogP contribution >= 0.6 is 0 Å². The molecule has 5 heteroatoms. The molecule has 0 saturated carbocycles. The van der Waals surface area contributed by atoms with Gasteiger partial charge in [0.05, 0.1) is 12.6 Å². The Kier molecular flexibility index (Phi) is 4.37. The molecular formula is C14H21N3O2. The van der Waals surface area contributed by atoms with E-state index >= 15 is 0 Å². The zero-order valence-corrected chi connectivity index (χ0v) is 11.3. The third-order valence-electron chi connectivity index (χ3n) is 3.61. The number of aromatic nitrogens is 1. The SMILES string of the molecule is CCc1cc(C(=O)N2CCCCC2CO)cc(N)n1. The lowest BCUT2D eigenvalue weighted by atomic mass is 10.0. The van der Waals surface area contributed by atoms with E-state index in [2.05, 4.69) is 4.98 Å². The number of carbonyl (C=O) groups is 1. The van der Waals surface area contributed by atoms with Crippen LogP contribution in [0.25, 0.3) is 0 Å². The number of hydrogen-bond acceptors (Lipinski definition) is 4. The number of likely N-dealkylation sites (tertiary alicyclic amines) is 1. The molecule has 0 aliphatic carbocycles. The molecule has 1 aromatic rings. The van der Waals surface area contributed by atoms with Gasteiger partial charge in [0.1, 0.15) is 5.82 Å². The van der Waals surface area contributed by atoms with Crippen molar-refractivity contribution in [2.45, 2.75) is 38.6 Å². The van der Waals surface area contributed by atoms with Crippen LogP contribution in [0.3, 0.4) is 0 Å². The predicted octanol–water partition coefficient (Wildman–Crippen LogP) is 1.21. The first-order valence-corrected chi connectivity index (χ1v) is 6.84. The third kappa shape index (κ3) is 3.04. The molecule has 1 fully saturated rings. The molecule has 1 amide bonds. The molecule has 2 heterocycles. The number of anilines is 1. The van der Waals surface area contributed by atoms with Crippen LogP contribution in [0.4, 0.5) is 5.82 Å². The fraction of sp³-hybridized carbons (Fsp3) is 0.571. The van der Waals surface area contributed by atoms with Crippen molar-refractivity contribution in [1.82, 2.24) is 9.88 Å². The van der Waals surface area contributed by atoms with Gasteiger partial charge in [-0.15, -0.1) is 0 Å². The summed E-state index contributed by atoms with van der Waals surface area (Å²) in [5, 5.41) is 9.38. The molecule has 2 rings (SSSR count).